The molecule has 0 bridgehead atoms. The van der Waals surface area contributed by atoms with Crippen molar-refractivity contribution in [3.05, 3.63) is 34.9 Å². The quantitative estimate of drug-likeness (QED) is 0.861. The number of hydrogen-bond donors (Lipinski definition) is 1. The minimum absolute atomic E-state index is 0. The van der Waals surface area contributed by atoms with E-state index < -0.39 is 0 Å². The zero-order valence-corrected chi connectivity index (χ0v) is 11.8. The van der Waals surface area contributed by atoms with Crippen molar-refractivity contribution in [2.24, 2.45) is 0 Å². The Kier molecular flexibility index (Phi) is 6.01. The first-order chi connectivity index (χ1) is 7.75. The molecule has 0 heterocycles. The molecule has 0 aliphatic heterocycles. The summed E-state index contributed by atoms with van der Waals surface area (Å²) in [5.74, 6) is 0. The van der Waals surface area contributed by atoms with E-state index in [4.69, 9.17) is 0 Å². The Labute approximate surface area is 111 Å². The summed E-state index contributed by atoms with van der Waals surface area (Å²) in [6.45, 7) is 5.51. The second-order valence-corrected chi connectivity index (χ2v) is 5.12. The fourth-order valence-corrected chi connectivity index (χ4v) is 2.67. The van der Waals surface area contributed by atoms with E-state index in [2.05, 4.69) is 37.4 Å². The average molecular weight is 254 g/mol. The van der Waals surface area contributed by atoms with Crippen LogP contribution in [0.3, 0.4) is 0 Å². The highest BCUT2D eigenvalue weighted by molar-refractivity contribution is 5.85. The highest BCUT2D eigenvalue weighted by Gasteiger charge is 2.13. The van der Waals surface area contributed by atoms with Gasteiger partial charge in [-0.05, 0) is 50.8 Å². The third-order valence-corrected chi connectivity index (χ3v) is 3.68. The van der Waals surface area contributed by atoms with Crippen molar-refractivity contribution in [2.45, 2.75) is 52.0 Å². The molecule has 0 spiro atoms. The molecule has 0 amide bonds. The van der Waals surface area contributed by atoms with E-state index in [0.29, 0.717) is 0 Å². The van der Waals surface area contributed by atoms with Crippen molar-refractivity contribution in [3.8, 4) is 0 Å². The van der Waals surface area contributed by atoms with Crippen LogP contribution in [-0.2, 0) is 6.42 Å². The summed E-state index contributed by atoms with van der Waals surface area (Å²) in [7, 11) is 0. The van der Waals surface area contributed by atoms with Gasteiger partial charge in [-0.15, -0.1) is 12.4 Å². The van der Waals surface area contributed by atoms with Crippen LogP contribution in [0.2, 0.25) is 0 Å². The molecule has 0 saturated heterocycles. The Morgan fingerprint density at radius 3 is 2.53 bits per heavy atom. The van der Waals surface area contributed by atoms with Crippen LogP contribution >= 0.6 is 12.4 Å². The number of benzene rings is 1. The highest BCUT2D eigenvalue weighted by atomic mass is 35.5. The molecule has 1 aliphatic rings. The third-order valence-electron chi connectivity index (χ3n) is 3.68. The molecule has 96 valence electrons. The summed E-state index contributed by atoms with van der Waals surface area (Å²) >= 11 is 0. The van der Waals surface area contributed by atoms with Gasteiger partial charge in [-0.1, -0.05) is 36.6 Å². The fourth-order valence-electron chi connectivity index (χ4n) is 2.67. The average Bonchev–Trinajstić information content (AvgIpc) is 2.74. The number of rotatable bonds is 4. The summed E-state index contributed by atoms with van der Waals surface area (Å²) in [6.07, 6.45) is 6.77. The molecule has 1 aromatic rings. The summed E-state index contributed by atoms with van der Waals surface area (Å²) in [5, 5.41) is 3.67. The number of nitrogens with one attached hydrogen (secondary N) is 1. The van der Waals surface area contributed by atoms with E-state index in [-0.39, 0.29) is 12.4 Å². The van der Waals surface area contributed by atoms with E-state index in [1.807, 2.05) is 0 Å². The first kappa shape index (κ1) is 14.5. The standard InChI is InChI=1S/C15H23N.ClH/c1-12-7-8-14(13(2)11-12)9-10-16-15-5-3-4-6-15;/h7-8,11,15-16H,3-6,9-10H2,1-2H3;1H. The Balaban J connectivity index is 0.00000144. The molecule has 0 aromatic heterocycles. The Morgan fingerprint density at radius 2 is 1.88 bits per heavy atom. The molecule has 1 nitrogen and oxygen atoms in total. The van der Waals surface area contributed by atoms with Crippen molar-refractivity contribution < 1.29 is 0 Å². The van der Waals surface area contributed by atoms with Gasteiger partial charge in [0.2, 0.25) is 0 Å². The van der Waals surface area contributed by atoms with E-state index in [0.717, 1.165) is 12.6 Å². The van der Waals surface area contributed by atoms with E-state index in [9.17, 15) is 0 Å². The molecule has 0 unspecified atom stereocenters. The van der Waals surface area contributed by atoms with E-state index in [1.165, 1.54) is 48.8 Å². The van der Waals surface area contributed by atoms with Crippen LogP contribution in [0.4, 0.5) is 0 Å². The third kappa shape index (κ3) is 4.33. The number of hydrogen-bond acceptors (Lipinski definition) is 1. The molecule has 1 aromatic carbocycles. The lowest BCUT2D eigenvalue weighted by atomic mass is 10.0. The lowest BCUT2D eigenvalue weighted by Crippen LogP contribution is -2.28. The van der Waals surface area contributed by atoms with Gasteiger partial charge in [0.25, 0.3) is 0 Å². The lowest BCUT2D eigenvalue weighted by Gasteiger charge is -2.12. The first-order valence-electron chi connectivity index (χ1n) is 6.55. The van der Waals surface area contributed by atoms with Crippen LogP contribution in [-0.4, -0.2) is 12.6 Å². The maximum absolute atomic E-state index is 3.67. The maximum Gasteiger partial charge on any atom is 0.00671 e. The minimum Gasteiger partial charge on any atom is -0.314 e. The highest BCUT2D eigenvalue weighted by Crippen LogP contribution is 2.17. The molecule has 1 N–H and O–H groups in total. The topological polar surface area (TPSA) is 12.0 Å². The summed E-state index contributed by atoms with van der Waals surface area (Å²) < 4.78 is 0. The second-order valence-electron chi connectivity index (χ2n) is 5.12. The summed E-state index contributed by atoms with van der Waals surface area (Å²) in [4.78, 5) is 0. The normalized spacial score (nSPS) is 15.9. The van der Waals surface area contributed by atoms with Crippen LogP contribution in [0.15, 0.2) is 18.2 Å². The lowest BCUT2D eigenvalue weighted by molar-refractivity contribution is 0.527. The van der Waals surface area contributed by atoms with Crippen LogP contribution in [0.1, 0.15) is 42.4 Å². The zero-order chi connectivity index (χ0) is 11.4. The van der Waals surface area contributed by atoms with Gasteiger partial charge >= 0.3 is 0 Å². The Morgan fingerprint density at radius 1 is 1.18 bits per heavy atom. The van der Waals surface area contributed by atoms with Gasteiger partial charge in [0.15, 0.2) is 0 Å². The minimum atomic E-state index is 0. The molecule has 0 atom stereocenters. The maximum atomic E-state index is 3.67. The van der Waals surface area contributed by atoms with Crippen molar-refractivity contribution in [2.75, 3.05) is 6.54 Å². The van der Waals surface area contributed by atoms with Crippen LogP contribution in [0.25, 0.3) is 0 Å². The Bertz CT molecular complexity index is 343. The molecule has 2 heteroatoms. The van der Waals surface area contributed by atoms with Gasteiger partial charge < -0.3 is 5.32 Å². The molecule has 1 fully saturated rings. The van der Waals surface area contributed by atoms with Crippen LogP contribution < -0.4 is 5.32 Å². The van der Waals surface area contributed by atoms with Gasteiger partial charge in [0.1, 0.15) is 0 Å². The molecule has 1 saturated carbocycles. The van der Waals surface area contributed by atoms with Crippen molar-refractivity contribution >= 4 is 12.4 Å². The smallest absolute Gasteiger partial charge is 0.00671 e. The van der Waals surface area contributed by atoms with Crippen molar-refractivity contribution in [1.82, 2.24) is 5.32 Å². The molecule has 17 heavy (non-hydrogen) atoms. The molecular formula is C15H24ClN. The number of halogens is 1. The molecule has 0 radical (unpaired) electrons. The van der Waals surface area contributed by atoms with E-state index >= 15 is 0 Å². The number of aryl methyl sites for hydroxylation is 2. The monoisotopic (exact) mass is 253 g/mol. The zero-order valence-electron chi connectivity index (χ0n) is 11.0. The SMILES string of the molecule is Cc1ccc(CCNC2CCCC2)c(C)c1.Cl. The predicted molar refractivity (Wildman–Crippen MR) is 77.1 cm³/mol. The Hall–Kier alpha value is -0.530. The summed E-state index contributed by atoms with van der Waals surface area (Å²) in [6, 6.07) is 7.58. The first-order valence-corrected chi connectivity index (χ1v) is 6.55. The molecule has 1 aliphatic carbocycles. The van der Waals surface area contributed by atoms with Gasteiger partial charge in [-0.3, -0.25) is 0 Å². The van der Waals surface area contributed by atoms with Gasteiger partial charge in [0, 0.05) is 6.04 Å². The molecular weight excluding hydrogens is 230 g/mol. The van der Waals surface area contributed by atoms with E-state index in [1.54, 1.807) is 0 Å². The second kappa shape index (κ2) is 7.03. The van der Waals surface area contributed by atoms with Crippen LogP contribution in [0, 0.1) is 13.8 Å². The predicted octanol–water partition coefficient (Wildman–Crippen LogP) is 3.80. The molecule has 2 rings (SSSR count). The van der Waals surface area contributed by atoms with Crippen molar-refractivity contribution in [3.63, 3.8) is 0 Å². The summed E-state index contributed by atoms with van der Waals surface area (Å²) in [5.41, 5.74) is 4.30. The fraction of sp³-hybridized carbons (Fsp3) is 0.600. The largest absolute Gasteiger partial charge is 0.314 e. The van der Waals surface area contributed by atoms with Gasteiger partial charge in [0.05, 0.1) is 0 Å². The van der Waals surface area contributed by atoms with Crippen molar-refractivity contribution in [1.29, 1.82) is 0 Å². The van der Waals surface area contributed by atoms with Crippen LogP contribution in [0.5, 0.6) is 0 Å². The van der Waals surface area contributed by atoms with Gasteiger partial charge in [-0.25, -0.2) is 0 Å². The van der Waals surface area contributed by atoms with Gasteiger partial charge in [-0.2, -0.15) is 0 Å².